The Kier molecular flexibility index (Phi) is 4.16. The maximum Gasteiger partial charge on any atom is 0.491 e. The van der Waals surface area contributed by atoms with Gasteiger partial charge in [-0.15, -0.1) is 11.3 Å². The molecule has 1 aliphatic heterocycles. The van der Waals surface area contributed by atoms with Crippen LogP contribution in [0.2, 0.25) is 0 Å². The van der Waals surface area contributed by atoms with Crippen molar-refractivity contribution in [1.29, 1.82) is 0 Å². The van der Waals surface area contributed by atoms with Gasteiger partial charge in [-0.25, -0.2) is 4.98 Å². The third kappa shape index (κ3) is 3.07. The van der Waals surface area contributed by atoms with Crippen LogP contribution in [-0.2, 0) is 9.31 Å². The highest BCUT2D eigenvalue weighted by Gasteiger charge is 2.52. The normalized spacial score (nSPS) is 22.0. The molecule has 0 spiro atoms. The number of hydrogen-bond donors (Lipinski definition) is 1. The molecule has 0 radical (unpaired) electrons. The molecule has 1 fully saturated rings. The van der Waals surface area contributed by atoms with E-state index in [0.717, 1.165) is 10.5 Å². The van der Waals surface area contributed by atoms with Crippen molar-refractivity contribution in [2.75, 3.05) is 5.75 Å². The van der Waals surface area contributed by atoms with E-state index >= 15 is 0 Å². The first-order valence-corrected chi connectivity index (χ1v) is 7.79. The number of thiazole rings is 1. The molecule has 1 aromatic heterocycles. The molecule has 0 amide bonds. The molecule has 104 valence electrons. The summed E-state index contributed by atoms with van der Waals surface area (Å²) in [5.41, 5.74) is 0.369. The van der Waals surface area contributed by atoms with Crippen molar-refractivity contribution in [3.05, 3.63) is 21.6 Å². The van der Waals surface area contributed by atoms with Crippen molar-refractivity contribution >= 4 is 37.2 Å². The summed E-state index contributed by atoms with van der Waals surface area (Å²) >= 11 is 6.05. The molecule has 1 aromatic rings. The molecule has 19 heavy (non-hydrogen) atoms. The lowest BCUT2D eigenvalue weighted by molar-refractivity contribution is 0.00578. The summed E-state index contributed by atoms with van der Waals surface area (Å²) < 4.78 is 12.1. The standard InChI is InChI=1S/C13H20BNO2S2/c1-9-7-15-11(19-9)6-10(8-18)14-16-12(2,3)13(4,5)17-14/h6-7,18H,8H2,1-5H3. The van der Waals surface area contributed by atoms with Gasteiger partial charge in [-0.1, -0.05) is 0 Å². The van der Waals surface area contributed by atoms with Gasteiger partial charge in [0.05, 0.1) is 11.2 Å². The molecule has 0 unspecified atom stereocenters. The monoisotopic (exact) mass is 297 g/mol. The molecular weight excluding hydrogens is 277 g/mol. The summed E-state index contributed by atoms with van der Waals surface area (Å²) in [6, 6.07) is 0. The number of aryl methyl sites for hydroxylation is 1. The first-order chi connectivity index (χ1) is 8.75. The molecule has 1 saturated heterocycles. The largest absolute Gasteiger partial charge is 0.491 e. The molecule has 0 aliphatic carbocycles. The fourth-order valence-electron chi connectivity index (χ4n) is 1.78. The highest BCUT2D eigenvalue weighted by atomic mass is 32.1. The number of aromatic nitrogens is 1. The fraction of sp³-hybridized carbons (Fsp3) is 0.615. The number of hydrogen-bond acceptors (Lipinski definition) is 5. The van der Waals surface area contributed by atoms with Crippen LogP contribution in [-0.4, -0.2) is 29.1 Å². The van der Waals surface area contributed by atoms with Crippen LogP contribution in [0.4, 0.5) is 0 Å². The van der Waals surface area contributed by atoms with Gasteiger partial charge in [-0.2, -0.15) is 12.6 Å². The van der Waals surface area contributed by atoms with Crippen molar-refractivity contribution in [2.45, 2.75) is 45.8 Å². The van der Waals surface area contributed by atoms with Gasteiger partial charge >= 0.3 is 7.12 Å². The summed E-state index contributed by atoms with van der Waals surface area (Å²) in [5, 5.41) is 0.969. The number of nitrogens with zero attached hydrogens (tertiary/aromatic N) is 1. The van der Waals surface area contributed by atoms with Crippen LogP contribution >= 0.6 is 24.0 Å². The Bertz CT molecular complexity index is 481. The van der Waals surface area contributed by atoms with Gasteiger partial charge in [-0.3, -0.25) is 0 Å². The molecule has 0 aromatic carbocycles. The Morgan fingerprint density at radius 3 is 2.37 bits per heavy atom. The zero-order valence-electron chi connectivity index (χ0n) is 12.1. The van der Waals surface area contributed by atoms with Gasteiger partial charge in [0.15, 0.2) is 0 Å². The predicted octanol–water partition coefficient (Wildman–Crippen LogP) is 3.40. The summed E-state index contributed by atoms with van der Waals surface area (Å²) in [6.45, 7) is 10.3. The van der Waals surface area contributed by atoms with Crippen molar-refractivity contribution in [1.82, 2.24) is 4.98 Å². The van der Waals surface area contributed by atoms with Crippen LogP contribution in [0.25, 0.3) is 6.08 Å². The van der Waals surface area contributed by atoms with E-state index in [1.807, 2.05) is 19.2 Å². The van der Waals surface area contributed by atoms with Crippen molar-refractivity contribution in [3.63, 3.8) is 0 Å². The van der Waals surface area contributed by atoms with Gasteiger partial charge in [0.1, 0.15) is 5.01 Å². The topological polar surface area (TPSA) is 31.4 Å². The van der Waals surface area contributed by atoms with E-state index in [-0.39, 0.29) is 18.3 Å². The first-order valence-electron chi connectivity index (χ1n) is 6.34. The van der Waals surface area contributed by atoms with Gasteiger partial charge in [0, 0.05) is 16.8 Å². The smallest absolute Gasteiger partial charge is 0.400 e. The van der Waals surface area contributed by atoms with Crippen LogP contribution in [0.3, 0.4) is 0 Å². The van der Waals surface area contributed by atoms with E-state index in [0.29, 0.717) is 5.75 Å². The Morgan fingerprint density at radius 1 is 1.37 bits per heavy atom. The van der Waals surface area contributed by atoms with Crippen LogP contribution in [0, 0.1) is 6.92 Å². The molecule has 0 bridgehead atoms. The molecule has 2 rings (SSSR count). The van der Waals surface area contributed by atoms with E-state index in [1.54, 1.807) is 11.3 Å². The first kappa shape index (κ1) is 15.1. The average Bonchev–Trinajstić information content (AvgIpc) is 2.78. The van der Waals surface area contributed by atoms with Gasteiger partial charge < -0.3 is 9.31 Å². The van der Waals surface area contributed by atoms with E-state index in [9.17, 15) is 0 Å². The highest BCUT2D eigenvalue weighted by molar-refractivity contribution is 7.80. The minimum Gasteiger partial charge on any atom is -0.400 e. The Labute approximate surface area is 125 Å². The molecule has 0 atom stereocenters. The quantitative estimate of drug-likeness (QED) is 0.685. The summed E-state index contributed by atoms with van der Waals surface area (Å²) in [4.78, 5) is 5.54. The van der Waals surface area contributed by atoms with Crippen LogP contribution in [0.15, 0.2) is 11.7 Å². The zero-order valence-corrected chi connectivity index (χ0v) is 13.8. The lowest BCUT2D eigenvalue weighted by Gasteiger charge is -2.32. The third-order valence-electron chi connectivity index (χ3n) is 3.69. The molecule has 0 saturated carbocycles. The lowest BCUT2D eigenvalue weighted by atomic mass is 9.79. The Balaban J connectivity index is 2.23. The summed E-state index contributed by atoms with van der Waals surface area (Å²) in [6.07, 6.45) is 3.89. The molecule has 6 heteroatoms. The third-order valence-corrected chi connectivity index (χ3v) is 4.91. The van der Waals surface area contributed by atoms with Gasteiger partial charge in [-0.05, 0) is 46.2 Å². The number of thiol groups is 1. The summed E-state index contributed by atoms with van der Waals surface area (Å²) in [5.74, 6) is 0.593. The maximum absolute atomic E-state index is 6.03. The molecule has 3 nitrogen and oxygen atoms in total. The average molecular weight is 297 g/mol. The SMILES string of the molecule is Cc1cnc(C=C(CS)B2OC(C)(C)C(C)(C)O2)s1. The second kappa shape index (κ2) is 5.24. The van der Waals surface area contributed by atoms with Gasteiger partial charge in [0.25, 0.3) is 0 Å². The Hall–Kier alpha value is -0.295. The lowest BCUT2D eigenvalue weighted by Crippen LogP contribution is -2.41. The molecule has 1 aliphatic rings. The van der Waals surface area contributed by atoms with E-state index in [1.165, 1.54) is 4.88 Å². The molecule has 0 N–H and O–H groups in total. The van der Waals surface area contributed by atoms with Crippen LogP contribution in [0.5, 0.6) is 0 Å². The maximum atomic E-state index is 6.03. The summed E-state index contributed by atoms with van der Waals surface area (Å²) in [7, 11) is -0.341. The second-order valence-corrected chi connectivity index (χ2v) is 7.36. The highest BCUT2D eigenvalue weighted by Crippen LogP contribution is 2.39. The minimum atomic E-state index is -0.341. The van der Waals surface area contributed by atoms with Crippen LogP contribution in [0.1, 0.15) is 37.6 Å². The molecule has 2 heterocycles. The van der Waals surface area contributed by atoms with Crippen LogP contribution < -0.4 is 0 Å². The van der Waals surface area contributed by atoms with Crippen molar-refractivity contribution < 1.29 is 9.31 Å². The van der Waals surface area contributed by atoms with Crippen molar-refractivity contribution in [2.24, 2.45) is 0 Å². The van der Waals surface area contributed by atoms with Crippen molar-refractivity contribution in [3.8, 4) is 0 Å². The minimum absolute atomic E-state index is 0.321. The van der Waals surface area contributed by atoms with E-state index in [2.05, 4.69) is 45.3 Å². The Morgan fingerprint density at radius 2 is 1.95 bits per heavy atom. The number of rotatable bonds is 3. The van der Waals surface area contributed by atoms with Gasteiger partial charge in [0.2, 0.25) is 0 Å². The fourth-order valence-corrected chi connectivity index (χ4v) is 2.77. The van der Waals surface area contributed by atoms with E-state index in [4.69, 9.17) is 9.31 Å². The predicted molar refractivity (Wildman–Crippen MR) is 84.8 cm³/mol. The van der Waals surface area contributed by atoms with E-state index < -0.39 is 0 Å². The molecular formula is C13H20BNO2S2. The second-order valence-electron chi connectivity index (χ2n) is 5.77. The zero-order chi connectivity index (χ0) is 14.3.